The van der Waals surface area contributed by atoms with Crippen LogP contribution in [0.4, 0.5) is 0 Å². The first kappa shape index (κ1) is 9.73. The molecule has 0 saturated heterocycles. The summed E-state index contributed by atoms with van der Waals surface area (Å²) in [4.78, 5) is 15.1. The van der Waals surface area contributed by atoms with Gasteiger partial charge >= 0.3 is 0 Å². The molecule has 13 heavy (non-hydrogen) atoms. The molecule has 0 aliphatic heterocycles. The van der Waals surface area contributed by atoms with Crippen molar-refractivity contribution in [1.29, 1.82) is 0 Å². The zero-order valence-corrected chi connectivity index (χ0v) is 7.87. The smallest absolute Gasteiger partial charge is 0.234 e. The molecule has 1 amide bonds. The van der Waals surface area contributed by atoms with Crippen molar-refractivity contribution in [1.82, 2.24) is 20.2 Å². The Morgan fingerprint density at radius 1 is 1.69 bits per heavy atom. The summed E-state index contributed by atoms with van der Waals surface area (Å²) in [5, 5.41) is 5.51. The second-order valence-corrected chi connectivity index (χ2v) is 2.76. The van der Waals surface area contributed by atoms with Crippen LogP contribution in [0.25, 0.3) is 0 Å². The van der Waals surface area contributed by atoms with Crippen LogP contribution in [0.5, 0.6) is 0 Å². The Morgan fingerprint density at radius 2 is 2.46 bits per heavy atom. The molecule has 0 unspecified atom stereocenters. The third-order valence-electron chi connectivity index (χ3n) is 1.70. The normalized spacial score (nSPS) is 10.0. The predicted molar refractivity (Wildman–Crippen MR) is 49.0 cm³/mol. The van der Waals surface area contributed by atoms with Gasteiger partial charge in [-0.1, -0.05) is 0 Å². The topological polar surface area (TPSA) is 59.0 Å². The quantitative estimate of drug-likeness (QED) is 0.644. The average Bonchev–Trinajstić information content (AvgIpc) is 2.48. The Morgan fingerprint density at radius 3 is 3.00 bits per heavy atom. The minimum atomic E-state index is -0.0227. The fourth-order valence-corrected chi connectivity index (χ4v) is 0.968. The highest BCUT2D eigenvalue weighted by atomic mass is 16.1. The fourth-order valence-electron chi connectivity index (χ4n) is 0.968. The van der Waals surface area contributed by atoms with Gasteiger partial charge in [-0.25, -0.2) is 4.98 Å². The number of hydrogen-bond donors (Lipinski definition) is 2. The molecule has 1 aromatic rings. The largest absolute Gasteiger partial charge is 0.348 e. The molecule has 0 spiro atoms. The number of likely N-dealkylation sites (N-methyl/N-ethyl adjacent to an activating group) is 1. The zero-order chi connectivity index (χ0) is 9.68. The first-order valence-electron chi connectivity index (χ1n) is 4.11. The highest BCUT2D eigenvalue weighted by molar-refractivity contribution is 5.77. The lowest BCUT2D eigenvalue weighted by atomic mass is 10.5. The van der Waals surface area contributed by atoms with Crippen molar-refractivity contribution in [2.45, 2.75) is 6.54 Å². The molecule has 0 fully saturated rings. The molecule has 0 aliphatic rings. The summed E-state index contributed by atoms with van der Waals surface area (Å²) in [5.74, 6) is 0.829. The Bertz CT molecular complexity index is 281. The Labute approximate surface area is 77.2 Å². The fraction of sp³-hybridized carbons (Fsp3) is 0.500. The average molecular weight is 182 g/mol. The van der Waals surface area contributed by atoms with Gasteiger partial charge < -0.3 is 15.2 Å². The molecular weight excluding hydrogens is 168 g/mol. The summed E-state index contributed by atoms with van der Waals surface area (Å²) in [5.41, 5.74) is 0. The highest BCUT2D eigenvalue weighted by Gasteiger charge is 2.01. The van der Waals surface area contributed by atoms with Crippen LogP contribution in [0.2, 0.25) is 0 Å². The molecule has 0 saturated carbocycles. The summed E-state index contributed by atoms with van der Waals surface area (Å²) in [6.07, 6.45) is 3.55. The monoisotopic (exact) mass is 182 g/mol. The molecule has 72 valence electrons. The van der Waals surface area contributed by atoms with E-state index in [1.54, 1.807) is 13.2 Å². The van der Waals surface area contributed by atoms with Crippen LogP contribution in [0.15, 0.2) is 12.4 Å². The van der Waals surface area contributed by atoms with Gasteiger partial charge in [0.05, 0.1) is 13.1 Å². The lowest BCUT2D eigenvalue weighted by Crippen LogP contribution is -2.32. The van der Waals surface area contributed by atoms with Crippen LogP contribution in [0.3, 0.4) is 0 Å². The molecule has 1 heterocycles. The van der Waals surface area contributed by atoms with Gasteiger partial charge in [-0.15, -0.1) is 0 Å². The van der Waals surface area contributed by atoms with E-state index in [0.29, 0.717) is 13.1 Å². The van der Waals surface area contributed by atoms with Crippen molar-refractivity contribution in [3.05, 3.63) is 18.2 Å². The van der Waals surface area contributed by atoms with Gasteiger partial charge in [0, 0.05) is 19.4 Å². The van der Waals surface area contributed by atoms with Crippen molar-refractivity contribution in [2.24, 2.45) is 7.05 Å². The maximum absolute atomic E-state index is 11.0. The summed E-state index contributed by atoms with van der Waals surface area (Å²) in [7, 11) is 3.63. The number of aromatic nitrogens is 2. The second kappa shape index (κ2) is 4.61. The summed E-state index contributed by atoms with van der Waals surface area (Å²) < 4.78 is 1.87. The predicted octanol–water partition coefficient (Wildman–Crippen LogP) is -0.744. The van der Waals surface area contributed by atoms with E-state index in [4.69, 9.17) is 0 Å². The molecular formula is C8H14N4O. The summed E-state index contributed by atoms with van der Waals surface area (Å²) >= 11 is 0. The van der Waals surface area contributed by atoms with E-state index in [1.807, 2.05) is 17.8 Å². The first-order chi connectivity index (χ1) is 6.24. The van der Waals surface area contributed by atoms with E-state index in [2.05, 4.69) is 15.6 Å². The minimum Gasteiger partial charge on any atom is -0.348 e. The SMILES string of the molecule is CNCC(=O)NCc1nccn1C. The van der Waals surface area contributed by atoms with Crippen molar-refractivity contribution >= 4 is 5.91 Å². The number of imidazole rings is 1. The van der Waals surface area contributed by atoms with Crippen LogP contribution >= 0.6 is 0 Å². The molecule has 1 aromatic heterocycles. The van der Waals surface area contributed by atoms with Crippen LogP contribution < -0.4 is 10.6 Å². The number of carbonyl (C=O) groups excluding carboxylic acids is 1. The lowest BCUT2D eigenvalue weighted by Gasteiger charge is -2.04. The standard InChI is InChI=1S/C8H14N4O/c1-9-6-8(13)11-5-7-10-3-4-12(7)2/h3-4,9H,5-6H2,1-2H3,(H,11,13). The third-order valence-corrected chi connectivity index (χ3v) is 1.70. The van der Waals surface area contributed by atoms with Gasteiger partial charge in [0.25, 0.3) is 0 Å². The number of nitrogens with one attached hydrogen (secondary N) is 2. The molecule has 5 heteroatoms. The molecule has 0 atom stereocenters. The van der Waals surface area contributed by atoms with Crippen molar-refractivity contribution < 1.29 is 4.79 Å². The number of carbonyl (C=O) groups is 1. The number of hydrogen-bond acceptors (Lipinski definition) is 3. The van der Waals surface area contributed by atoms with E-state index in [1.165, 1.54) is 0 Å². The maximum Gasteiger partial charge on any atom is 0.234 e. The van der Waals surface area contributed by atoms with E-state index in [9.17, 15) is 4.79 Å². The Hall–Kier alpha value is -1.36. The van der Waals surface area contributed by atoms with Crippen molar-refractivity contribution in [3.8, 4) is 0 Å². The van der Waals surface area contributed by atoms with Gasteiger partial charge in [0.15, 0.2) is 0 Å². The molecule has 0 aromatic carbocycles. The maximum atomic E-state index is 11.0. The number of rotatable bonds is 4. The molecule has 2 N–H and O–H groups in total. The summed E-state index contributed by atoms with van der Waals surface area (Å²) in [6, 6.07) is 0. The Balaban J connectivity index is 2.35. The van der Waals surface area contributed by atoms with Gasteiger partial charge in [0.1, 0.15) is 5.82 Å². The molecule has 0 bridgehead atoms. The molecule has 1 rings (SSSR count). The van der Waals surface area contributed by atoms with Crippen LogP contribution in [-0.4, -0.2) is 29.1 Å². The zero-order valence-electron chi connectivity index (χ0n) is 7.87. The number of amides is 1. The van der Waals surface area contributed by atoms with E-state index >= 15 is 0 Å². The molecule has 0 aliphatic carbocycles. The van der Waals surface area contributed by atoms with Gasteiger partial charge in [0.2, 0.25) is 5.91 Å². The van der Waals surface area contributed by atoms with Crippen LogP contribution in [-0.2, 0) is 18.4 Å². The lowest BCUT2D eigenvalue weighted by molar-refractivity contribution is -0.120. The molecule has 0 radical (unpaired) electrons. The van der Waals surface area contributed by atoms with E-state index in [-0.39, 0.29) is 5.91 Å². The third kappa shape index (κ3) is 2.87. The van der Waals surface area contributed by atoms with Crippen molar-refractivity contribution in [3.63, 3.8) is 0 Å². The first-order valence-corrected chi connectivity index (χ1v) is 4.11. The van der Waals surface area contributed by atoms with E-state index in [0.717, 1.165) is 5.82 Å². The second-order valence-electron chi connectivity index (χ2n) is 2.76. The number of nitrogens with zero attached hydrogens (tertiary/aromatic N) is 2. The van der Waals surface area contributed by atoms with Crippen LogP contribution in [0, 0.1) is 0 Å². The van der Waals surface area contributed by atoms with Gasteiger partial charge in [-0.2, -0.15) is 0 Å². The van der Waals surface area contributed by atoms with Gasteiger partial charge in [-0.05, 0) is 7.05 Å². The minimum absolute atomic E-state index is 0.0227. The van der Waals surface area contributed by atoms with Crippen LogP contribution in [0.1, 0.15) is 5.82 Å². The van der Waals surface area contributed by atoms with Gasteiger partial charge in [-0.3, -0.25) is 4.79 Å². The number of aryl methyl sites for hydroxylation is 1. The summed E-state index contributed by atoms with van der Waals surface area (Å²) in [6.45, 7) is 0.814. The highest BCUT2D eigenvalue weighted by Crippen LogP contribution is 1.92. The van der Waals surface area contributed by atoms with E-state index < -0.39 is 0 Å². The molecule has 5 nitrogen and oxygen atoms in total. The Kier molecular flexibility index (Phi) is 3.45. The van der Waals surface area contributed by atoms with Crippen molar-refractivity contribution in [2.75, 3.05) is 13.6 Å².